The minimum absolute atomic E-state index is 0.0410. The highest BCUT2D eigenvalue weighted by Crippen LogP contribution is 2.43. The van der Waals surface area contributed by atoms with Crippen LogP contribution in [0.2, 0.25) is 0 Å². The van der Waals surface area contributed by atoms with Crippen molar-refractivity contribution in [1.82, 2.24) is 0 Å². The third-order valence-electron chi connectivity index (χ3n) is 9.08. The molecular weight excluding hydrogens is 737 g/mol. The third kappa shape index (κ3) is 42.9. The summed E-state index contributed by atoms with van der Waals surface area (Å²) in [5.74, 6) is -0.902. The van der Waals surface area contributed by atoms with Crippen molar-refractivity contribution >= 4 is 19.8 Å². The molecule has 10 heteroatoms. The summed E-state index contributed by atoms with van der Waals surface area (Å²) < 4.78 is 32.7. The van der Waals surface area contributed by atoms with Gasteiger partial charge < -0.3 is 20.1 Å². The van der Waals surface area contributed by atoms with Crippen LogP contribution in [0, 0.1) is 0 Å². The quantitative estimate of drug-likeness (QED) is 0.0267. The van der Waals surface area contributed by atoms with Gasteiger partial charge in [0.15, 0.2) is 6.10 Å². The first-order valence-electron chi connectivity index (χ1n) is 22.4. The lowest BCUT2D eigenvalue weighted by atomic mass is 10.1. The van der Waals surface area contributed by atoms with Crippen molar-refractivity contribution < 1.29 is 37.6 Å². The van der Waals surface area contributed by atoms with Crippen LogP contribution < -0.4 is 5.73 Å². The number of phosphoric ester groups is 1. The highest BCUT2D eigenvalue weighted by molar-refractivity contribution is 7.47. The summed E-state index contributed by atoms with van der Waals surface area (Å²) in [5.41, 5.74) is 5.35. The van der Waals surface area contributed by atoms with Gasteiger partial charge in [0.2, 0.25) is 0 Å². The van der Waals surface area contributed by atoms with Crippen LogP contribution in [-0.4, -0.2) is 49.3 Å². The van der Waals surface area contributed by atoms with Crippen LogP contribution in [0.5, 0.6) is 0 Å². The summed E-state index contributed by atoms with van der Waals surface area (Å²) in [6.45, 7) is 3.54. The lowest BCUT2D eigenvalue weighted by Crippen LogP contribution is -2.29. The number of rotatable bonds is 41. The summed E-state index contributed by atoms with van der Waals surface area (Å²) in [4.78, 5) is 34.9. The first-order chi connectivity index (χ1) is 27.8. The van der Waals surface area contributed by atoms with Crippen molar-refractivity contribution in [3.63, 3.8) is 0 Å². The van der Waals surface area contributed by atoms with E-state index in [1.165, 1.54) is 83.5 Å². The molecule has 0 spiro atoms. The Hall–Kier alpha value is -2.55. The molecule has 0 saturated heterocycles. The standard InChI is InChI=1S/C47H82NO8P/c1-3-5-7-9-11-13-15-17-19-21-22-24-25-27-29-31-33-35-37-39-46(49)53-43-45(44-55-57(51,52)54-42-41-48)56-47(50)40-38-36-34-32-30-28-26-23-20-18-16-14-12-10-8-6-4-2/h6,8,12,14,17-20,26,28,32,34,45H,3-5,7,9-11,13,15-16,21-25,27,29-31,33,35-44,48H2,1-2H3,(H,51,52). The third-order valence-corrected chi connectivity index (χ3v) is 10.1. The summed E-state index contributed by atoms with van der Waals surface area (Å²) in [6.07, 6.45) is 52.3. The zero-order valence-corrected chi connectivity index (χ0v) is 36.9. The van der Waals surface area contributed by atoms with Gasteiger partial charge in [-0.25, -0.2) is 4.57 Å². The van der Waals surface area contributed by atoms with Gasteiger partial charge in [0, 0.05) is 19.4 Å². The number of phosphoric acid groups is 1. The Morgan fingerprint density at radius 1 is 0.544 bits per heavy atom. The molecule has 0 saturated carbocycles. The lowest BCUT2D eigenvalue weighted by molar-refractivity contribution is -0.161. The maximum absolute atomic E-state index is 12.6. The highest BCUT2D eigenvalue weighted by Gasteiger charge is 2.25. The lowest BCUT2D eigenvalue weighted by Gasteiger charge is -2.19. The number of carbonyl (C=O) groups is 2. The summed E-state index contributed by atoms with van der Waals surface area (Å²) >= 11 is 0. The average molecular weight is 820 g/mol. The van der Waals surface area contributed by atoms with E-state index < -0.39 is 32.5 Å². The average Bonchev–Trinajstić information content (AvgIpc) is 3.20. The summed E-state index contributed by atoms with van der Waals surface area (Å²) in [5, 5.41) is 0. The minimum atomic E-state index is -4.40. The Bertz CT molecular complexity index is 1160. The van der Waals surface area contributed by atoms with E-state index in [9.17, 15) is 19.0 Å². The number of unbranched alkanes of at least 4 members (excludes halogenated alkanes) is 16. The fourth-order valence-corrected chi connectivity index (χ4v) is 6.55. The Morgan fingerprint density at radius 2 is 0.982 bits per heavy atom. The molecule has 9 nitrogen and oxygen atoms in total. The number of esters is 2. The van der Waals surface area contributed by atoms with E-state index >= 15 is 0 Å². The topological polar surface area (TPSA) is 134 Å². The molecule has 0 aromatic rings. The first kappa shape index (κ1) is 54.5. The monoisotopic (exact) mass is 820 g/mol. The van der Waals surface area contributed by atoms with E-state index in [0.717, 1.165) is 57.8 Å². The molecule has 0 aliphatic heterocycles. The molecule has 0 aliphatic carbocycles. The van der Waals surface area contributed by atoms with Gasteiger partial charge in [-0.05, 0) is 77.0 Å². The van der Waals surface area contributed by atoms with Crippen LogP contribution in [0.25, 0.3) is 0 Å². The largest absolute Gasteiger partial charge is 0.472 e. The van der Waals surface area contributed by atoms with Crippen LogP contribution in [0.15, 0.2) is 72.9 Å². The molecule has 0 fully saturated rings. The molecule has 0 heterocycles. The van der Waals surface area contributed by atoms with E-state index in [0.29, 0.717) is 12.8 Å². The van der Waals surface area contributed by atoms with Gasteiger partial charge in [-0.15, -0.1) is 0 Å². The number of allylic oxidation sites excluding steroid dienone is 12. The van der Waals surface area contributed by atoms with Crippen LogP contribution in [0.1, 0.15) is 181 Å². The number of hydrogen-bond acceptors (Lipinski definition) is 8. The van der Waals surface area contributed by atoms with Crippen molar-refractivity contribution in [2.24, 2.45) is 5.73 Å². The Morgan fingerprint density at radius 3 is 1.51 bits per heavy atom. The summed E-state index contributed by atoms with van der Waals surface area (Å²) in [7, 11) is -4.40. The van der Waals surface area contributed by atoms with Crippen LogP contribution in [0.3, 0.4) is 0 Å². The van der Waals surface area contributed by atoms with Gasteiger partial charge >= 0.3 is 19.8 Å². The fourth-order valence-electron chi connectivity index (χ4n) is 5.78. The van der Waals surface area contributed by atoms with E-state index in [1.807, 2.05) is 6.08 Å². The van der Waals surface area contributed by atoms with Gasteiger partial charge in [-0.3, -0.25) is 18.6 Å². The molecule has 0 amide bonds. The zero-order valence-electron chi connectivity index (χ0n) is 36.0. The maximum Gasteiger partial charge on any atom is 0.472 e. The predicted molar refractivity (Wildman–Crippen MR) is 238 cm³/mol. The van der Waals surface area contributed by atoms with Crippen molar-refractivity contribution in [1.29, 1.82) is 0 Å². The Kier molecular flexibility index (Phi) is 41.1. The second kappa shape index (κ2) is 43.0. The first-order valence-corrected chi connectivity index (χ1v) is 23.9. The fraction of sp³-hybridized carbons (Fsp3) is 0.702. The van der Waals surface area contributed by atoms with Gasteiger partial charge in [0.05, 0.1) is 13.2 Å². The smallest absolute Gasteiger partial charge is 0.462 e. The van der Waals surface area contributed by atoms with Crippen LogP contribution >= 0.6 is 7.82 Å². The van der Waals surface area contributed by atoms with Crippen LogP contribution in [0.4, 0.5) is 0 Å². The van der Waals surface area contributed by atoms with E-state index in [1.54, 1.807) is 0 Å². The molecule has 0 aromatic heterocycles. The van der Waals surface area contributed by atoms with Crippen LogP contribution in [-0.2, 0) is 32.7 Å². The molecule has 0 rings (SSSR count). The molecule has 57 heavy (non-hydrogen) atoms. The highest BCUT2D eigenvalue weighted by atomic mass is 31.2. The molecule has 0 bridgehead atoms. The van der Waals surface area contributed by atoms with Crippen molar-refractivity contribution in [3.8, 4) is 0 Å². The van der Waals surface area contributed by atoms with Gasteiger partial charge in [0.1, 0.15) is 6.61 Å². The number of hydrogen-bond donors (Lipinski definition) is 2. The molecule has 2 unspecified atom stereocenters. The van der Waals surface area contributed by atoms with Crippen molar-refractivity contribution in [2.75, 3.05) is 26.4 Å². The molecule has 328 valence electrons. The van der Waals surface area contributed by atoms with Crippen molar-refractivity contribution in [2.45, 2.75) is 187 Å². The second-order valence-electron chi connectivity index (χ2n) is 14.5. The van der Waals surface area contributed by atoms with Gasteiger partial charge in [-0.2, -0.15) is 0 Å². The predicted octanol–water partition coefficient (Wildman–Crippen LogP) is 13.1. The molecule has 0 aromatic carbocycles. The zero-order chi connectivity index (χ0) is 41.8. The SMILES string of the molecule is CCC=CCC=CCC=CCC=CCC=CCCCC(=O)OC(COC(=O)CCCCCCCCCCCC=CCCCCCCCC)COP(=O)(O)OCCN. The van der Waals surface area contributed by atoms with E-state index in [2.05, 4.69) is 80.7 Å². The molecule has 0 aliphatic rings. The number of nitrogens with two attached hydrogens (primary N) is 1. The molecule has 0 radical (unpaired) electrons. The van der Waals surface area contributed by atoms with E-state index in [4.69, 9.17) is 24.3 Å². The minimum Gasteiger partial charge on any atom is -0.462 e. The van der Waals surface area contributed by atoms with Gasteiger partial charge in [-0.1, -0.05) is 164 Å². The Labute approximate surface area is 348 Å². The second-order valence-corrected chi connectivity index (χ2v) is 16.0. The normalized spacial score (nSPS) is 14.0. The maximum atomic E-state index is 12.6. The molecule has 2 atom stereocenters. The van der Waals surface area contributed by atoms with Crippen molar-refractivity contribution in [3.05, 3.63) is 72.9 Å². The van der Waals surface area contributed by atoms with Gasteiger partial charge in [0.25, 0.3) is 0 Å². The molecule has 3 N–H and O–H groups in total. The number of ether oxygens (including phenoxy) is 2. The summed E-state index contributed by atoms with van der Waals surface area (Å²) in [6, 6.07) is 0. The Balaban J connectivity index is 4.22. The van der Waals surface area contributed by atoms with E-state index in [-0.39, 0.29) is 32.6 Å². The molecular formula is C47H82NO8P. The number of carbonyl (C=O) groups excluding carboxylic acids is 2.